The van der Waals surface area contributed by atoms with Crippen LogP contribution in [0.2, 0.25) is 0 Å². The number of hydrogen-bond acceptors (Lipinski definition) is 7. The fraction of sp³-hybridized carbons (Fsp3) is 0.324. The molecule has 2 aliphatic heterocycles. The van der Waals surface area contributed by atoms with E-state index in [0.717, 1.165) is 62.8 Å². The highest BCUT2D eigenvalue weighted by Crippen LogP contribution is 2.43. The van der Waals surface area contributed by atoms with E-state index in [-0.39, 0.29) is 23.7 Å². The number of nitrogens with one attached hydrogen (secondary N) is 1. The maximum absolute atomic E-state index is 14.1. The number of pyridine rings is 1. The van der Waals surface area contributed by atoms with Crippen molar-refractivity contribution in [1.29, 1.82) is 0 Å². The molecule has 3 aliphatic rings. The first-order valence-corrected chi connectivity index (χ1v) is 15.5. The lowest BCUT2D eigenvalue weighted by Crippen LogP contribution is -2.38. The van der Waals surface area contributed by atoms with Gasteiger partial charge < -0.3 is 19.7 Å². The number of para-hydroxylation sites is 1. The van der Waals surface area contributed by atoms with Gasteiger partial charge in [-0.05, 0) is 66.6 Å². The number of Topliss-reactive ketones (excluding diaryl/α,β-unsaturated/α-hetero) is 1. The number of aromatic nitrogens is 1. The number of amides is 1. The predicted octanol–water partition coefficient (Wildman–Crippen LogP) is 6.03. The molecule has 0 saturated carbocycles. The maximum atomic E-state index is 14.1. The van der Waals surface area contributed by atoms with E-state index in [2.05, 4.69) is 28.4 Å². The summed E-state index contributed by atoms with van der Waals surface area (Å²) in [6.07, 6.45) is 3.08. The van der Waals surface area contributed by atoms with Gasteiger partial charge in [-0.25, -0.2) is 4.98 Å². The number of aryl methyl sites for hydroxylation is 1. The number of fused-ring (bicyclic) bond motifs is 4. The molecule has 2 aromatic carbocycles. The zero-order valence-corrected chi connectivity index (χ0v) is 24.2. The molecule has 8 heteroatoms. The Balaban J connectivity index is 1.14. The Bertz CT molecular complexity index is 1630. The molecule has 1 saturated heterocycles. The van der Waals surface area contributed by atoms with Gasteiger partial charge in [0.05, 0.1) is 11.4 Å². The van der Waals surface area contributed by atoms with Gasteiger partial charge in [0.1, 0.15) is 23.9 Å². The molecule has 2 aromatic heterocycles. The van der Waals surface area contributed by atoms with Gasteiger partial charge in [-0.2, -0.15) is 0 Å². The smallest absolute Gasteiger partial charge is 0.261 e. The van der Waals surface area contributed by atoms with E-state index in [0.29, 0.717) is 45.0 Å². The number of rotatable bonds is 5. The minimum Gasteiger partial charge on any atom is -0.491 e. The summed E-state index contributed by atoms with van der Waals surface area (Å²) in [4.78, 5) is 36.1. The normalized spacial score (nSPS) is 18.5. The van der Waals surface area contributed by atoms with Gasteiger partial charge in [-0.15, -0.1) is 11.3 Å². The standard InChI is InChI=1S/C34H33N3O4S/c38-32(28-9-5-11-31(36-28)37-16-19-41-29-10-4-1-6-23(29)21-37)26-13-12-22-20-30(34(39)35-24-14-17-40-18-15-24)42-33(22)27-8-3-2-7-25(26)27/h1-11,20,24,26H,12-19,21H2,(H,35,39). The quantitative estimate of drug-likeness (QED) is 0.291. The number of carbonyl (C=O) groups is 2. The molecule has 4 heterocycles. The minimum atomic E-state index is -0.309. The largest absolute Gasteiger partial charge is 0.491 e. The van der Waals surface area contributed by atoms with Gasteiger partial charge in [0.25, 0.3) is 5.91 Å². The first-order valence-electron chi connectivity index (χ1n) is 14.7. The molecule has 7 rings (SSSR count). The van der Waals surface area contributed by atoms with Crippen LogP contribution in [0.5, 0.6) is 5.75 Å². The number of anilines is 1. The molecule has 1 atom stereocenters. The van der Waals surface area contributed by atoms with Gasteiger partial charge in [0.15, 0.2) is 5.78 Å². The van der Waals surface area contributed by atoms with Crippen LogP contribution in [0.15, 0.2) is 72.8 Å². The van der Waals surface area contributed by atoms with Gasteiger partial charge in [0, 0.05) is 42.2 Å². The van der Waals surface area contributed by atoms with Crippen LogP contribution >= 0.6 is 11.3 Å². The molecule has 214 valence electrons. The van der Waals surface area contributed by atoms with Crippen molar-refractivity contribution in [3.63, 3.8) is 0 Å². The van der Waals surface area contributed by atoms with Crippen LogP contribution in [0.3, 0.4) is 0 Å². The van der Waals surface area contributed by atoms with Crippen LogP contribution in [-0.2, 0) is 17.7 Å². The lowest BCUT2D eigenvalue weighted by atomic mass is 9.87. The fourth-order valence-electron chi connectivity index (χ4n) is 6.22. The highest BCUT2D eigenvalue weighted by molar-refractivity contribution is 7.17. The first kappa shape index (κ1) is 26.9. The third-order valence-corrected chi connectivity index (χ3v) is 9.66. The molecule has 42 heavy (non-hydrogen) atoms. The number of carbonyl (C=O) groups excluding carboxylic acids is 2. The summed E-state index contributed by atoms with van der Waals surface area (Å²) < 4.78 is 11.4. The summed E-state index contributed by atoms with van der Waals surface area (Å²) in [5.74, 6) is 1.38. The molecule has 0 radical (unpaired) electrons. The van der Waals surface area contributed by atoms with E-state index in [4.69, 9.17) is 14.5 Å². The van der Waals surface area contributed by atoms with E-state index < -0.39 is 0 Å². The van der Waals surface area contributed by atoms with Crippen LogP contribution in [0.1, 0.15) is 62.0 Å². The van der Waals surface area contributed by atoms with Gasteiger partial charge in [0.2, 0.25) is 0 Å². The molecule has 1 aliphatic carbocycles. The third kappa shape index (κ3) is 5.32. The number of thiophene rings is 1. The van der Waals surface area contributed by atoms with Crippen molar-refractivity contribution < 1.29 is 19.1 Å². The molecular formula is C34H33N3O4S. The van der Waals surface area contributed by atoms with Crippen molar-refractivity contribution in [2.45, 2.75) is 44.2 Å². The Morgan fingerprint density at radius 1 is 0.905 bits per heavy atom. The zero-order chi connectivity index (χ0) is 28.5. The molecule has 0 spiro atoms. The average Bonchev–Trinajstić information content (AvgIpc) is 3.25. The van der Waals surface area contributed by atoms with E-state index in [9.17, 15) is 9.59 Å². The highest BCUT2D eigenvalue weighted by atomic mass is 32.1. The van der Waals surface area contributed by atoms with E-state index in [1.807, 2.05) is 54.6 Å². The predicted molar refractivity (Wildman–Crippen MR) is 164 cm³/mol. The van der Waals surface area contributed by atoms with Crippen LogP contribution in [0.4, 0.5) is 5.82 Å². The molecule has 0 bridgehead atoms. The number of hydrogen-bond donors (Lipinski definition) is 1. The summed E-state index contributed by atoms with van der Waals surface area (Å²) in [7, 11) is 0. The van der Waals surface area contributed by atoms with E-state index >= 15 is 0 Å². The van der Waals surface area contributed by atoms with Crippen LogP contribution in [-0.4, -0.2) is 49.1 Å². The maximum Gasteiger partial charge on any atom is 0.261 e. The lowest BCUT2D eigenvalue weighted by molar-refractivity contribution is 0.0698. The van der Waals surface area contributed by atoms with Crippen molar-refractivity contribution in [2.75, 3.05) is 31.3 Å². The lowest BCUT2D eigenvalue weighted by Gasteiger charge is -2.22. The molecule has 4 aromatic rings. The number of ketones is 1. The Kier molecular flexibility index (Phi) is 7.48. The summed E-state index contributed by atoms with van der Waals surface area (Å²) in [6.45, 7) is 3.30. The summed E-state index contributed by atoms with van der Waals surface area (Å²) in [5.41, 5.74) is 4.76. The SMILES string of the molecule is O=C(NC1CCOCC1)c1cc2c(s1)-c1ccccc1C(C(=O)c1cccc(N3CCOc4ccccc4C3)n1)CC2. The second-order valence-electron chi connectivity index (χ2n) is 11.1. The monoisotopic (exact) mass is 579 g/mol. The topological polar surface area (TPSA) is 80.8 Å². The second kappa shape index (κ2) is 11.7. The Hall–Kier alpha value is -4.01. The summed E-state index contributed by atoms with van der Waals surface area (Å²) in [6, 6.07) is 24.1. The first-order chi connectivity index (χ1) is 20.6. The number of benzene rings is 2. The van der Waals surface area contributed by atoms with Gasteiger partial charge in [-0.3, -0.25) is 9.59 Å². The van der Waals surface area contributed by atoms with Crippen molar-refractivity contribution in [3.05, 3.63) is 100 Å². The summed E-state index contributed by atoms with van der Waals surface area (Å²) >= 11 is 1.53. The Morgan fingerprint density at radius 3 is 2.64 bits per heavy atom. The van der Waals surface area contributed by atoms with Crippen molar-refractivity contribution >= 4 is 28.8 Å². The minimum absolute atomic E-state index is 0.0207. The number of nitrogens with zero attached hydrogens (tertiary/aromatic N) is 2. The van der Waals surface area contributed by atoms with Crippen molar-refractivity contribution in [3.8, 4) is 16.2 Å². The van der Waals surface area contributed by atoms with E-state index in [1.54, 1.807) is 0 Å². The molecule has 1 unspecified atom stereocenters. The third-order valence-electron chi connectivity index (χ3n) is 8.45. The van der Waals surface area contributed by atoms with Gasteiger partial charge >= 0.3 is 0 Å². The van der Waals surface area contributed by atoms with E-state index in [1.165, 1.54) is 11.3 Å². The van der Waals surface area contributed by atoms with Crippen molar-refractivity contribution in [2.24, 2.45) is 0 Å². The summed E-state index contributed by atoms with van der Waals surface area (Å²) in [5, 5.41) is 3.19. The fourth-order valence-corrected chi connectivity index (χ4v) is 7.39. The van der Waals surface area contributed by atoms with Crippen LogP contribution in [0.25, 0.3) is 10.4 Å². The highest BCUT2D eigenvalue weighted by Gasteiger charge is 2.31. The average molecular weight is 580 g/mol. The molecular weight excluding hydrogens is 546 g/mol. The van der Waals surface area contributed by atoms with Crippen molar-refractivity contribution in [1.82, 2.24) is 10.3 Å². The molecule has 1 amide bonds. The zero-order valence-electron chi connectivity index (χ0n) is 23.4. The van der Waals surface area contributed by atoms with Crippen LogP contribution in [0, 0.1) is 0 Å². The molecule has 7 nitrogen and oxygen atoms in total. The van der Waals surface area contributed by atoms with Gasteiger partial charge in [-0.1, -0.05) is 48.5 Å². The van der Waals surface area contributed by atoms with Crippen LogP contribution < -0.4 is 15.0 Å². The molecule has 1 fully saturated rings. The second-order valence-corrected chi connectivity index (χ2v) is 12.2. The Morgan fingerprint density at radius 2 is 1.74 bits per heavy atom. The molecule has 1 N–H and O–H groups in total. The Labute approximate surface area is 249 Å². The number of ether oxygens (including phenoxy) is 2.